The summed E-state index contributed by atoms with van der Waals surface area (Å²) in [6.45, 7) is 3.20. The Morgan fingerprint density at radius 2 is 1.17 bits per heavy atom. The number of aryl methyl sites for hydroxylation is 2. The molecule has 1 N–H and O–H groups in total. The van der Waals surface area contributed by atoms with Crippen molar-refractivity contribution in [2.75, 3.05) is 13.2 Å². The first-order chi connectivity index (χ1) is 23.4. The third-order valence-electron chi connectivity index (χ3n) is 7.77. The van der Waals surface area contributed by atoms with Crippen molar-refractivity contribution in [2.45, 2.75) is 45.6 Å². The smallest absolute Gasteiger partial charge is 0.328 e. The largest absolute Gasteiger partial charge is 0.494 e. The number of hydrogen-bond donors (Lipinski definition) is 1. The van der Waals surface area contributed by atoms with Gasteiger partial charge in [0.05, 0.1) is 24.8 Å². The Labute approximate surface area is 279 Å². The van der Waals surface area contributed by atoms with Crippen LogP contribution in [0.5, 0.6) is 17.2 Å². The van der Waals surface area contributed by atoms with Crippen LogP contribution in [0.2, 0.25) is 0 Å². The zero-order valence-electron chi connectivity index (χ0n) is 26.8. The quantitative estimate of drug-likeness (QED) is 0.0736. The minimum absolute atomic E-state index is 0.281. The molecule has 5 aromatic rings. The maximum Gasteiger partial charge on any atom is 0.328 e. The second kappa shape index (κ2) is 16.6. The van der Waals surface area contributed by atoms with E-state index in [9.17, 15) is 14.4 Å². The molecule has 0 atom stereocenters. The van der Waals surface area contributed by atoms with Crippen molar-refractivity contribution in [3.8, 4) is 45.6 Å². The lowest BCUT2D eigenvalue weighted by atomic mass is 10.0. The van der Waals surface area contributed by atoms with E-state index < -0.39 is 5.69 Å². The Kier molecular flexibility index (Phi) is 11.6. The number of ether oxygens (including phenoxy) is 3. The van der Waals surface area contributed by atoms with Gasteiger partial charge in [-0.05, 0) is 103 Å². The van der Waals surface area contributed by atoms with Crippen LogP contribution in [0.3, 0.4) is 0 Å². The first-order valence-corrected chi connectivity index (χ1v) is 16.0. The third-order valence-corrected chi connectivity index (χ3v) is 7.77. The molecule has 0 spiro atoms. The second-order valence-corrected chi connectivity index (χ2v) is 11.4. The van der Waals surface area contributed by atoms with Crippen LogP contribution in [0.15, 0.2) is 113 Å². The Morgan fingerprint density at radius 1 is 0.688 bits per heavy atom. The lowest BCUT2D eigenvalue weighted by Gasteiger charge is -2.09. The van der Waals surface area contributed by atoms with E-state index in [4.69, 9.17) is 19.5 Å². The number of esters is 1. The normalized spacial score (nSPS) is 10.7. The van der Waals surface area contributed by atoms with Gasteiger partial charge in [-0.15, -0.1) is 0 Å². The van der Waals surface area contributed by atoms with E-state index in [1.165, 1.54) is 4.57 Å². The maximum atomic E-state index is 12.4. The van der Waals surface area contributed by atoms with Gasteiger partial charge in [-0.25, -0.2) is 4.79 Å². The summed E-state index contributed by atoms with van der Waals surface area (Å²) >= 11 is 0. The highest BCUT2D eigenvalue weighted by atomic mass is 16.5. The van der Waals surface area contributed by atoms with Crippen molar-refractivity contribution >= 4 is 5.97 Å². The second-order valence-electron chi connectivity index (χ2n) is 11.4. The van der Waals surface area contributed by atoms with E-state index in [1.54, 1.807) is 37.4 Å². The lowest BCUT2D eigenvalue weighted by molar-refractivity contribution is -0.134. The van der Waals surface area contributed by atoms with E-state index in [2.05, 4.69) is 11.1 Å². The van der Waals surface area contributed by atoms with Crippen molar-refractivity contribution in [3.63, 3.8) is 0 Å². The highest BCUT2D eigenvalue weighted by Crippen LogP contribution is 2.26. The van der Waals surface area contributed by atoms with Gasteiger partial charge in [0, 0.05) is 24.7 Å². The van der Waals surface area contributed by atoms with Gasteiger partial charge in [0.25, 0.3) is 5.56 Å². The molecule has 5 rings (SSSR count). The number of aromatic amines is 1. The molecule has 0 saturated carbocycles. The Bertz CT molecular complexity index is 1950. The molecule has 9 nitrogen and oxygen atoms in total. The Morgan fingerprint density at radius 3 is 1.69 bits per heavy atom. The van der Waals surface area contributed by atoms with Gasteiger partial charge in [-0.3, -0.25) is 14.6 Å². The highest BCUT2D eigenvalue weighted by molar-refractivity contribution is 5.73. The van der Waals surface area contributed by atoms with Crippen LogP contribution in [0, 0.1) is 18.3 Å². The summed E-state index contributed by atoms with van der Waals surface area (Å²) in [5, 5.41) is 8.96. The van der Waals surface area contributed by atoms with Crippen molar-refractivity contribution in [1.29, 1.82) is 5.26 Å². The van der Waals surface area contributed by atoms with Crippen LogP contribution in [0.25, 0.3) is 22.3 Å². The molecule has 244 valence electrons. The average Bonchev–Trinajstić information content (AvgIpc) is 3.11. The molecule has 1 aromatic heterocycles. The number of nitriles is 1. The molecule has 0 amide bonds. The summed E-state index contributed by atoms with van der Waals surface area (Å²) in [5.74, 6) is 1.74. The van der Waals surface area contributed by atoms with E-state index in [1.807, 2.05) is 72.8 Å². The SMILES string of the molecule is Cc1cn(CCCCOc2ccc(-c3ccc(OC(=O)CCCCOc4ccc(-c5ccc(C#N)cc5)cc4)cc3)cc2)c(=O)[nH]c1=O. The predicted octanol–water partition coefficient (Wildman–Crippen LogP) is 7.06. The standard InChI is InChI=1S/C39H37N3O6/c1-28-27-42(39(45)41-38(28)44)23-3-5-25-47-35-19-13-32(14-20-35)33-15-21-36(22-16-33)48-37(43)6-2-4-24-46-34-17-11-31(12-18-34)30-9-7-29(26-40)8-10-30/h7-22,27H,2-6,23-25H2,1H3,(H,41,44,45). The van der Waals surface area contributed by atoms with Crippen LogP contribution in [-0.2, 0) is 11.3 Å². The molecule has 48 heavy (non-hydrogen) atoms. The van der Waals surface area contributed by atoms with Gasteiger partial charge < -0.3 is 18.8 Å². The molecule has 4 aromatic carbocycles. The summed E-state index contributed by atoms with van der Waals surface area (Å²) in [4.78, 5) is 38.1. The van der Waals surface area contributed by atoms with E-state index >= 15 is 0 Å². The topological polar surface area (TPSA) is 123 Å². The minimum atomic E-state index is -0.396. The summed E-state index contributed by atoms with van der Waals surface area (Å²) in [6, 6.07) is 32.6. The van der Waals surface area contributed by atoms with Crippen molar-refractivity contribution in [1.82, 2.24) is 9.55 Å². The molecule has 0 bridgehead atoms. The van der Waals surface area contributed by atoms with Crippen LogP contribution in [-0.4, -0.2) is 28.7 Å². The summed E-state index contributed by atoms with van der Waals surface area (Å²) in [7, 11) is 0. The number of H-pyrrole nitrogens is 1. The molecule has 0 unspecified atom stereocenters. The zero-order chi connectivity index (χ0) is 33.7. The first kappa shape index (κ1) is 33.5. The predicted molar refractivity (Wildman–Crippen MR) is 184 cm³/mol. The number of nitrogens with one attached hydrogen (secondary N) is 1. The van der Waals surface area contributed by atoms with Crippen LogP contribution < -0.4 is 25.5 Å². The summed E-state index contributed by atoms with van der Waals surface area (Å²) in [6.07, 6.45) is 4.77. The molecule has 9 heteroatoms. The number of carbonyl (C=O) groups is 1. The fourth-order valence-electron chi connectivity index (χ4n) is 5.04. The van der Waals surface area contributed by atoms with Gasteiger partial charge in [0.15, 0.2) is 0 Å². The molecule has 0 radical (unpaired) electrons. The number of nitrogens with zero attached hydrogens (tertiary/aromatic N) is 2. The Hall–Kier alpha value is -5.88. The van der Waals surface area contributed by atoms with Crippen LogP contribution in [0.1, 0.15) is 43.2 Å². The lowest BCUT2D eigenvalue weighted by Crippen LogP contribution is -2.30. The maximum absolute atomic E-state index is 12.4. The van der Waals surface area contributed by atoms with Crippen LogP contribution >= 0.6 is 0 Å². The number of benzene rings is 4. The van der Waals surface area contributed by atoms with Crippen molar-refractivity contribution < 1.29 is 19.0 Å². The molecule has 0 aliphatic rings. The van der Waals surface area contributed by atoms with Gasteiger partial charge in [0.1, 0.15) is 17.2 Å². The van der Waals surface area contributed by atoms with E-state index in [-0.39, 0.29) is 11.5 Å². The molecular weight excluding hydrogens is 606 g/mol. The molecule has 1 heterocycles. The molecule has 0 saturated heterocycles. The van der Waals surface area contributed by atoms with Gasteiger partial charge in [-0.2, -0.15) is 5.26 Å². The van der Waals surface area contributed by atoms with Gasteiger partial charge in [-0.1, -0.05) is 48.5 Å². The summed E-state index contributed by atoms with van der Waals surface area (Å²) in [5.41, 5.74) is 4.48. The fourth-order valence-corrected chi connectivity index (χ4v) is 5.04. The Balaban J connectivity index is 0.969. The van der Waals surface area contributed by atoms with Crippen LogP contribution in [0.4, 0.5) is 0 Å². The van der Waals surface area contributed by atoms with E-state index in [0.717, 1.165) is 53.0 Å². The molecule has 0 aliphatic carbocycles. The number of unbranched alkanes of at least 4 members (excludes halogenated alkanes) is 2. The average molecular weight is 644 g/mol. The molecular formula is C39H37N3O6. The van der Waals surface area contributed by atoms with Crippen molar-refractivity contribution in [3.05, 3.63) is 135 Å². The third kappa shape index (κ3) is 9.56. The minimum Gasteiger partial charge on any atom is -0.494 e. The summed E-state index contributed by atoms with van der Waals surface area (Å²) < 4.78 is 18.7. The van der Waals surface area contributed by atoms with Gasteiger partial charge >= 0.3 is 11.7 Å². The number of hydrogen-bond acceptors (Lipinski definition) is 7. The molecule has 0 aliphatic heterocycles. The van der Waals surface area contributed by atoms with E-state index in [0.29, 0.717) is 49.5 Å². The monoisotopic (exact) mass is 643 g/mol. The number of aromatic nitrogens is 2. The fraction of sp³-hybridized carbons (Fsp3) is 0.231. The zero-order valence-corrected chi connectivity index (χ0v) is 26.8. The number of rotatable bonds is 15. The number of carbonyl (C=O) groups excluding carboxylic acids is 1. The molecule has 0 fully saturated rings. The van der Waals surface area contributed by atoms with Gasteiger partial charge in [0.2, 0.25) is 0 Å². The van der Waals surface area contributed by atoms with Crippen molar-refractivity contribution in [2.24, 2.45) is 0 Å². The highest BCUT2D eigenvalue weighted by Gasteiger charge is 2.07. The first-order valence-electron chi connectivity index (χ1n) is 16.0.